The highest BCUT2D eigenvalue weighted by atomic mass is 32.2. The van der Waals surface area contributed by atoms with Gasteiger partial charge in [0.1, 0.15) is 0 Å². The van der Waals surface area contributed by atoms with Crippen LogP contribution in [-0.2, 0) is 14.8 Å². The van der Waals surface area contributed by atoms with E-state index in [9.17, 15) is 8.42 Å². The van der Waals surface area contributed by atoms with Gasteiger partial charge in [-0.2, -0.15) is 0 Å². The van der Waals surface area contributed by atoms with Gasteiger partial charge in [-0.1, -0.05) is 12.8 Å². The Morgan fingerprint density at radius 2 is 2.00 bits per heavy atom. The maximum absolute atomic E-state index is 11.6. The topological polar surface area (TPSA) is 81.4 Å². The Hall–Kier alpha value is -0.170. The van der Waals surface area contributed by atoms with Gasteiger partial charge in [-0.15, -0.1) is 0 Å². The number of ether oxygens (including phenoxy) is 1. The summed E-state index contributed by atoms with van der Waals surface area (Å²) in [4.78, 5) is 0. The quantitative estimate of drug-likeness (QED) is 0.670. The summed E-state index contributed by atoms with van der Waals surface area (Å²) in [6.45, 7) is 1.25. The van der Waals surface area contributed by atoms with Gasteiger partial charge in [-0.25, -0.2) is 13.1 Å². The van der Waals surface area contributed by atoms with Crippen molar-refractivity contribution in [3.8, 4) is 0 Å². The van der Waals surface area contributed by atoms with Crippen molar-refractivity contribution in [1.82, 2.24) is 4.72 Å². The van der Waals surface area contributed by atoms with Gasteiger partial charge in [0, 0.05) is 13.7 Å². The second kappa shape index (κ2) is 5.95. The predicted molar refractivity (Wildman–Crippen MR) is 63.6 cm³/mol. The molecule has 1 aliphatic carbocycles. The van der Waals surface area contributed by atoms with Crippen molar-refractivity contribution in [3.05, 3.63) is 0 Å². The van der Waals surface area contributed by atoms with Crippen molar-refractivity contribution >= 4 is 10.0 Å². The molecule has 0 bridgehead atoms. The monoisotopic (exact) mass is 250 g/mol. The summed E-state index contributed by atoms with van der Waals surface area (Å²) in [6.07, 6.45) is 4.35. The normalized spacial score (nSPS) is 20.1. The van der Waals surface area contributed by atoms with Crippen molar-refractivity contribution in [2.45, 2.75) is 25.7 Å². The predicted octanol–water partition coefficient (Wildman–Crippen LogP) is 0.0713. The Bertz CT molecular complexity index is 297. The fourth-order valence-corrected chi connectivity index (χ4v) is 3.16. The molecule has 1 aliphatic rings. The number of hydrogen-bond donors (Lipinski definition) is 2. The van der Waals surface area contributed by atoms with Crippen molar-refractivity contribution in [2.24, 2.45) is 11.1 Å². The lowest BCUT2D eigenvalue weighted by atomic mass is 9.87. The molecule has 3 N–H and O–H groups in total. The number of nitrogens with two attached hydrogens (primary N) is 1. The van der Waals surface area contributed by atoms with E-state index in [-0.39, 0.29) is 17.8 Å². The average molecular weight is 250 g/mol. The molecule has 0 aromatic heterocycles. The summed E-state index contributed by atoms with van der Waals surface area (Å²) in [5.74, 6) is 0.0180. The molecule has 0 aromatic carbocycles. The molecule has 0 spiro atoms. The third-order valence-electron chi connectivity index (χ3n) is 3.32. The van der Waals surface area contributed by atoms with Gasteiger partial charge in [0.15, 0.2) is 0 Å². The van der Waals surface area contributed by atoms with E-state index in [1.54, 1.807) is 0 Å². The average Bonchev–Trinajstić information content (AvgIpc) is 2.74. The van der Waals surface area contributed by atoms with Crippen LogP contribution in [0.25, 0.3) is 0 Å². The van der Waals surface area contributed by atoms with E-state index >= 15 is 0 Å². The summed E-state index contributed by atoms with van der Waals surface area (Å²) >= 11 is 0. The molecule has 0 amide bonds. The summed E-state index contributed by atoms with van der Waals surface area (Å²) in [5.41, 5.74) is 5.73. The molecule has 1 rings (SSSR count). The molecule has 0 unspecified atom stereocenters. The molecule has 0 atom stereocenters. The molecular weight excluding hydrogens is 228 g/mol. The molecule has 0 heterocycles. The van der Waals surface area contributed by atoms with Gasteiger partial charge in [0.25, 0.3) is 0 Å². The summed E-state index contributed by atoms with van der Waals surface area (Å²) in [5, 5.41) is 0. The first kappa shape index (κ1) is 13.9. The Morgan fingerprint density at radius 3 is 2.50 bits per heavy atom. The standard InChI is InChI=1S/C10H22N2O3S/c1-15-6-7-16(13,14)12-9-10(8-11)4-2-3-5-10/h12H,2-9,11H2,1H3. The van der Waals surface area contributed by atoms with E-state index in [4.69, 9.17) is 10.5 Å². The zero-order chi connectivity index (χ0) is 12.1. The van der Waals surface area contributed by atoms with Crippen LogP contribution in [0.3, 0.4) is 0 Å². The lowest BCUT2D eigenvalue weighted by molar-refractivity contribution is 0.216. The van der Waals surface area contributed by atoms with E-state index in [1.807, 2.05) is 0 Å². The molecule has 96 valence electrons. The third kappa shape index (κ3) is 4.01. The summed E-state index contributed by atoms with van der Waals surface area (Å²) < 4.78 is 30.5. The van der Waals surface area contributed by atoms with Crippen LogP contribution in [0, 0.1) is 5.41 Å². The first-order valence-electron chi connectivity index (χ1n) is 5.70. The van der Waals surface area contributed by atoms with E-state index in [2.05, 4.69) is 4.72 Å². The third-order valence-corrected chi connectivity index (χ3v) is 4.61. The highest BCUT2D eigenvalue weighted by Crippen LogP contribution is 2.36. The summed E-state index contributed by atoms with van der Waals surface area (Å²) in [7, 11) is -1.72. The van der Waals surface area contributed by atoms with Crippen LogP contribution in [0.2, 0.25) is 0 Å². The van der Waals surface area contributed by atoms with Crippen LogP contribution < -0.4 is 10.5 Å². The fraction of sp³-hybridized carbons (Fsp3) is 1.00. The number of sulfonamides is 1. The Morgan fingerprint density at radius 1 is 1.38 bits per heavy atom. The molecule has 0 radical (unpaired) electrons. The van der Waals surface area contributed by atoms with Crippen LogP contribution in [-0.4, -0.2) is 41.0 Å². The van der Waals surface area contributed by atoms with Gasteiger partial charge < -0.3 is 10.5 Å². The van der Waals surface area contributed by atoms with Crippen molar-refractivity contribution in [2.75, 3.05) is 32.6 Å². The number of nitrogens with one attached hydrogen (secondary N) is 1. The van der Waals surface area contributed by atoms with Gasteiger partial charge >= 0.3 is 0 Å². The maximum atomic E-state index is 11.6. The number of hydrogen-bond acceptors (Lipinski definition) is 4. The lowest BCUT2D eigenvalue weighted by Crippen LogP contribution is -2.41. The van der Waals surface area contributed by atoms with E-state index in [0.29, 0.717) is 13.1 Å². The molecule has 0 saturated heterocycles. The molecule has 1 saturated carbocycles. The van der Waals surface area contributed by atoms with E-state index in [1.165, 1.54) is 7.11 Å². The Balaban J connectivity index is 2.43. The highest BCUT2D eigenvalue weighted by Gasteiger charge is 2.33. The fourth-order valence-electron chi connectivity index (χ4n) is 2.11. The molecular formula is C10H22N2O3S. The van der Waals surface area contributed by atoms with Crippen LogP contribution in [0.1, 0.15) is 25.7 Å². The molecule has 1 fully saturated rings. The summed E-state index contributed by atoms with van der Waals surface area (Å²) in [6, 6.07) is 0. The molecule has 16 heavy (non-hydrogen) atoms. The number of rotatable bonds is 7. The van der Waals surface area contributed by atoms with Crippen molar-refractivity contribution < 1.29 is 13.2 Å². The van der Waals surface area contributed by atoms with Crippen molar-refractivity contribution in [3.63, 3.8) is 0 Å². The SMILES string of the molecule is COCCS(=O)(=O)NCC1(CN)CCCC1. The minimum atomic E-state index is -3.21. The largest absolute Gasteiger partial charge is 0.384 e. The van der Waals surface area contributed by atoms with Gasteiger partial charge in [0.2, 0.25) is 10.0 Å². The van der Waals surface area contributed by atoms with Crippen LogP contribution >= 0.6 is 0 Å². The van der Waals surface area contributed by atoms with Gasteiger partial charge in [-0.3, -0.25) is 0 Å². The second-order valence-electron chi connectivity index (χ2n) is 4.54. The maximum Gasteiger partial charge on any atom is 0.213 e. The molecule has 0 aliphatic heterocycles. The second-order valence-corrected chi connectivity index (χ2v) is 6.47. The van der Waals surface area contributed by atoms with E-state index in [0.717, 1.165) is 25.7 Å². The minimum Gasteiger partial charge on any atom is -0.384 e. The van der Waals surface area contributed by atoms with Crippen LogP contribution in [0.15, 0.2) is 0 Å². The van der Waals surface area contributed by atoms with Crippen molar-refractivity contribution in [1.29, 1.82) is 0 Å². The van der Waals surface area contributed by atoms with E-state index < -0.39 is 10.0 Å². The molecule has 5 nitrogen and oxygen atoms in total. The zero-order valence-corrected chi connectivity index (χ0v) is 10.7. The van der Waals surface area contributed by atoms with Gasteiger partial charge in [-0.05, 0) is 24.8 Å². The molecule has 0 aromatic rings. The first-order chi connectivity index (χ1) is 7.54. The molecule has 6 heteroatoms. The highest BCUT2D eigenvalue weighted by molar-refractivity contribution is 7.89. The van der Waals surface area contributed by atoms with Crippen LogP contribution in [0.4, 0.5) is 0 Å². The first-order valence-corrected chi connectivity index (χ1v) is 7.35. The minimum absolute atomic E-state index is 0.0137. The zero-order valence-electron chi connectivity index (χ0n) is 9.87. The Labute approximate surface area is 97.8 Å². The lowest BCUT2D eigenvalue weighted by Gasteiger charge is -2.27. The smallest absolute Gasteiger partial charge is 0.213 e. The Kier molecular flexibility index (Phi) is 5.17. The van der Waals surface area contributed by atoms with Crippen LogP contribution in [0.5, 0.6) is 0 Å². The number of methoxy groups -OCH3 is 1. The van der Waals surface area contributed by atoms with Gasteiger partial charge in [0.05, 0.1) is 12.4 Å².